The summed E-state index contributed by atoms with van der Waals surface area (Å²) in [5, 5.41) is 0. The summed E-state index contributed by atoms with van der Waals surface area (Å²) in [5.74, 6) is 0.0323. The molecule has 0 aliphatic rings. The van der Waals surface area contributed by atoms with Gasteiger partial charge in [-0.1, -0.05) is 23.8 Å². The molecule has 1 heterocycles. The number of alkyl halides is 3. The van der Waals surface area contributed by atoms with Crippen molar-refractivity contribution in [3.63, 3.8) is 0 Å². The Bertz CT molecular complexity index is 1390. The molecule has 0 saturated heterocycles. The highest BCUT2D eigenvalue weighted by molar-refractivity contribution is 7.87. The maximum atomic E-state index is 13.0. The lowest BCUT2D eigenvalue weighted by Crippen LogP contribution is -2.12. The fourth-order valence-electron chi connectivity index (χ4n) is 3.02. The van der Waals surface area contributed by atoms with Crippen LogP contribution in [-0.4, -0.2) is 13.4 Å². The van der Waals surface area contributed by atoms with E-state index in [9.17, 15) is 21.6 Å². The summed E-state index contributed by atoms with van der Waals surface area (Å²) in [4.78, 5) is 3.78. The van der Waals surface area contributed by atoms with Crippen LogP contribution in [0.3, 0.4) is 0 Å². The van der Waals surface area contributed by atoms with E-state index in [2.05, 4.69) is 4.98 Å². The largest absolute Gasteiger partial charge is 0.436 e. The molecule has 31 heavy (non-hydrogen) atoms. The smallest absolute Gasteiger partial charge is 0.416 e. The topological polar surface area (TPSA) is 69.4 Å². The maximum Gasteiger partial charge on any atom is 0.416 e. The molecule has 1 aromatic heterocycles. The van der Waals surface area contributed by atoms with Crippen LogP contribution in [0.5, 0.6) is 5.75 Å². The molecular formula is C22H16F3NO4S. The van der Waals surface area contributed by atoms with Gasteiger partial charge < -0.3 is 8.60 Å². The molecule has 0 amide bonds. The summed E-state index contributed by atoms with van der Waals surface area (Å²) in [5.41, 5.74) is 2.03. The van der Waals surface area contributed by atoms with E-state index in [0.717, 1.165) is 29.3 Å². The van der Waals surface area contributed by atoms with Crippen LogP contribution in [0.15, 0.2) is 70.0 Å². The molecule has 4 rings (SSSR count). The van der Waals surface area contributed by atoms with Gasteiger partial charge in [-0.15, -0.1) is 0 Å². The number of rotatable bonds is 4. The second-order valence-electron chi connectivity index (χ2n) is 7.05. The van der Waals surface area contributed by atoms with Crippen LogP contribution < -0.4 is 4.18 Å². The lowest BCUT2D eigenvalue weighted by Gasteiger charge is -2.12. The molecule has 0 saturated carbocycles. The summed E-state index contributed by atoms with van der Waals surface area (Å²) < 4.78 is 75.4. The Kier molecular flexibility index (Phi) is 5.01. The van der Waals surface area contributed by atoms with E-state index in [-0.39, 0.29) is 17.2 Å². The quantitative estimate of drug-likeness (QED) is 0.365. The number of hydrogen-bond donors (Lipinski definition) is 0. The lowest BCUT2D eigenvalue weighted by molar-refractivity contribution is -0.137. The average Bonchev–Trinajstić information content (AvgIpc) is 3.11. The molecule has 160 valence electrons. The van der Waals surface area contributed by atoms with Crippen LogP contribution in [0.2, 0.25) is 0 Å². The number of hydrogen-bond acceptors (Lipinski definition) is 5. The van der Waals surface area contributed by atoms with Gasteiger partial charge in [-0.2, -0.15) is 21.6 Å². The molecule has 0 fully saturated rings. The van der Waals surface area contributed by atoms with E-state index >= 15 is 0 Å². The van der Waals surface area contributed by atoms with E-state index in [1.54, 1.807) is 31.2 Å². The van der Waals surface area contributed by atoms with Gasteiger partial charge in [0.05, 0.1) is 11.1 Å². The predicted molar refractivity (Wildman–Crippen MR) is 108 cm³/mol. The second kappa shape index (κ2) is 7.42. The molecule has 5 nitrogen and oxygen atoms in total. The molecule has 3 aromatic carbocycles. The minimum Gasteiger partial charge on any atom is -0.436 e. The van der Waals surface area contributed by atoms with Gasteiger partial charge >= 0.3 is 16.3 Å². The van der Waals surface area contributed by atoms with Gasteiger partial charge in [-0.3, -0.25) is 0 Å². The first-order valence-corrected chi connectivity index (χ1v) is 10.5. The van der Waals surface area contributed by atoms with E-state index in [1.807, 2.05) is 13.0 Å². The summed E-state index contributed by atoms with van der Waals surface area (Å²) >= 11 is 0. The fourth-order valence-corrected chi connectivity index (χ4v) is 4.02. The molecule has 0 aliphatic carbocycles. The summed E-state index contributed by atoms with van der Waals surface area (Å²) in [6.07, 6.45) is -4.68. The maximum absolute atomic E-state index is 13.0. The molecule has 0 bridgehead atoms. The molecule has 0 radical (unpaired) electrons. The van der Waals surface area contributed by atoms with Crippen molar-refractivity contribution >= 4 is 21.2 Å². The number of nitrogens with zero attached hydrogens (tertiary/aromatic N) is 1. The number of aryl methyl sites for hydroxylation is 2. The minimum atomic E-state index is -4.68. The van der Waals surface area contributed by atoms with Crippen molar-refractivity contribution in [2.75, 3.05) is 0 Å². The highest BCUT2D eigenvalue weighted by Crippen LogP contribution is 2.35. The van der Waals surface area contributed by atoms with E-state index in [4.69, 9.17) is 8.60 Å². The van der Waals surface area contributed by atoms with Crippen molar-refractivity contribution in [2.24, 2.45) is 0 Å². The molecule has 0 aliphatic heterocycles. The van der Waals surface area contributed by atoms with Gasteiger partial charge in [0.2, 0.25) is 5.89 Å². The second-order valence-corrected chi connectivity index (χ2v) is 8.60. The van der Waals surface area contributed by atoms with Crippen LogP contribution in [0.4, 0.5) is 13.2 Å². The Morgan fingerprint density at radius 1 is 0.935 bits per heavy atom. The molecule has 0 atom stereocenters. The Balaban J connectivity index is 1.77. The van der Waals surface area contributed by atoms with Gasteiger partial charge in [0.15, 0.2) is 11.3 Å². The third-order valence-corrected chi connectivity index (χ3v) is 5.79. The van der Waals surface area contributed by atoms with E-state index < -0.39 is 26.8 Å². The third-order valence-electron chi connectivity index (χ3n) is 4.56. The first-order valence-electron chi connectivity index (χ1n) is 9.13. The van der Waals surface area contributed by atoms with Gasteiger partial charge in [0, 0.05) is 0 Å². The Morgan fingerprint density at radius 2 is 1.65 bits per heavy atom. The van der Waals surface area contributed by atoms with Gasteiger partial charge in [-0.05, 0) is 61.9 Å². The Hall–Kier alpha value is -3.33. The van der Waals surface area contributed by atoms with Crippen LogP contribution in [0.1, 0.15) is 16.7 Å². The average molecular weight is 447 g/mol. The zero-order valence-electron chi connectivity index (χ0n) is 16.4. The van der Waals surface area contributed by atoms with Crippen LogP contribution >= 0.6 is 0 Å². The van der Waals surface area contributed by atoms with E-state index in [0.29, 0.717) is 17.2 Å². The first kappa shape index (κ1) is 20.9. The predicted octanol–water partition coefficient (Wildman–Crippen LogP) is 5.90. The fraction of sp³-hybridized carbons (Fsp3) is 0.136. The Labute approximate surface area is 176 Å². The van der Waals surface area contributed by atoms with Crippen molar-refractivity contribution < 1.29 is 30.2 Å². The highest BCUT2D eigenvalue weighted by Gasteiger charge is 2.32. The number of oxazole rings is 1. The normalized spacial score (nSPS) is 12.3. The molecular weight excluding hydrogens is 431 g/mol. The van der Waals surface area contributed by atoms with Crippen molar-refractivity contribution in [2.45, 2.75) is 24.9 Å². The van der Waals surface area contributed by atoms with Crippen LogP contribution in [-0.2, 0) is 16.3 Å². The summed E-state index contributed by atoms with van der Waals surface area (Å²) in [7, 11) is -4.55. The SMILES string of the molecule is Cc1ccc(OS(=O)(=O)c2cccc(C(F)(F)F)c2)c(-c2nc3ccc(C)cc3o2)c1. The first-order chi connectivity index (χ1) is 14.5. The standard InChI is InChI=1S/C22H16F3NO4S/c1-13-7-9-19(17(10-13)21-26-18-8-6-14(2)11-20(18)29-21)30-31(27,28)16-5-3-4-15(12-16)22(23,24)25/h3-12H,1-2H3. The molecule has 4 aromatic rings. The van der Waals surface area contributed by atoms with Crippen LogP contribution in [0.25, 0.3) is 22.6 Å². The number of halogens is 3. The van der Waals surface area contributed by atoms with Gasteiger partial charge in [0.1, 0.15) is 10.4 Å². The van der Waals surface area contributed by atoms with Gasteiger partial charge in [-0.25, -0.2) is 4.98 Å². The zero-order valence-corrected chi connectivity index (χ0v) is 17.2. The summed E-state index contributed by atoms with van der Waals surface area (Å²) in [6, 6.07) is 13.5. The molecule has 0 spiro atoms. The van der Waals surface area contributed by atoms with Crippen molar-refractivity contribution in [3.05, 3.63) is 77.4 Å². The number of fused-ring (bicyclic) bond motifs is 1. The monoisotopic (exact) mass is 447 g/mol. The molecule has 0 unspecified atom stereocenters. The Morgan fingerprint density at radius 3 is 2.39 bits per heavy atom. The lowest BCUT2D eigenvalue weighted by atomic mass is 10.1. The number of aromatic nitrogens is 1. The van der Waals surface area contributed by atoms with Crippen molar-refractivity contribution in [1.29, 1.82) is 0 Å². The number of benzene rings is 3. The molecule has 9 heteroatoms. The molecule has 0 N–H and O–H groups in total. The van der Waals surface area contributed by atoms with Crippen molar-refractivity contribution in [3.8, 4) is 17.2 Å². The zero-order chi connectivity index (χ0) is 22.4. The van der Waals surface area contributed by atoms with Crippen LogP contribution in [0, 0.1) is 13.8 Å². The third kappa shape index (κ3) is 4.27. The highest BCUT2D eigenvalue weighted by atomic mass is 32.2. The van der Waals surface area contributed by atoms with Crippen molar-refractivity contribution in [1.82, 2.24) is 4.98 Å². The summed E-state index contributed by atoms with van der Waals surface area (Å²) in [6.45, 7) is 3.69. The van der Waals surface area contributed by atoms with E-state index in [1.165, 1.54) is 6.07 Å². The van der Waals surface area contributed by atoms with Gasteiger partial charge in [0.25, 0.3) is 0 Å². The minimum absolute atomic E-state index is 0.105.